The maximum atomic E-state index is 13.8. The van der Waals surface area contributed by atoms with Gasteiger partial charge in [0.2, 0.25) is 5.91 Å². The lowest BCUT2D eigenvalue weighted by Gasteiger charge is -2.33. The van der Waals surface area contributed by atoms with E-state index in [9.17, 15) is 19.5 Å². The van der Waals surface area contributed by atoms with Gasteiger partial charge in [0.15, 0.2) is 6.10 Å². The number of aryl methyl sites for hydroxylation is 1. The Kier molecular flexibility index (Phi) is 10.1. The van der Waals surface area contributed by atoms with E-state index in [0.717, 1.165) is 22.3 Å². The molecular formula is C32H38N4O4S. The molecule has 9 heteroatoms. The van der Waals surface area contributed by atoms with Gasteiger partial charge in [-0.3, -0.25) is 9.59 Å². The van der Waals surface area contributed by atoms with Crippen LogP contribution in [-0.2, 0) is 29.1 Å². The molecule has 8 nitrogen and oxygen atoms in total. The summed E-state index contributed by atoms with van der Waals surface area (Å²) in [6.45, 7) is 6.47. The van der Waals surface area contributed by atoms with Gasteiger partial charge in [-0.05, 0) is 49.4 Å². The first-order valence-corrected chi connectivity index (χ1v) is 14.7. The molecule has 3 unspecified atom stereocenters. The number of aliphatic hydroxyl groups is 1. The number of aliphatic hydroxyl groups excluding tert-OH is 1. The van der Waals surface area contributed by atoms with Crippen molar-refractivity contribution in [3.05, 3.63) is 107 Å². The highest BCUT2D eigenvalue weighted by molar-refractivity contribution is 8.00. The highest BCUT2D eigenvalue weighted by atomic mass is 32.2. The number of nitrogens with one attached hydrogen (secondary N) is 3. The lowest BCUT2D eigenvalue weighted by molar-refractivity contribution is -0.147. The van der Waals surface area contributed by atoms with Crippen LogP contribution < -0.4 is 16.0 Å². The summed E-state index contributed by atoms with van der Waals surface area (Å²) in [5, 5.41) is 20.0. The van der Waals surface area contributed by atoms with Crippen LogP contribution in [0.4, 0.5) is 4.79 Å². The number of amides is 4. The topological polar surface area (TPSA) is 111 Å². The van der Waals surface area contributed by atoms with Crippen molar-refractivity contribution >= 4 is 29.6 Å². The normalized spacial score (nSPS) is 17.4. The van der Waals surface area contributed by atoms with Gasteiger partial charge in [-0.2, -0.15) is 0 Å². The summed E-state index contributed by atoms with van der Waals surface area (Å²) in [4.78, 5) is 41.5. The first-order valence-electron chi connectivity index (χ1n) is 13.7. The van der Waals surface area contributed by atoms with E-state index in [1.165, 1.54) is 16.7 Å². The fourth-order valence-corrected chi connectivity index (χ4v) is 6.09. The molecule has 1 aliphatic rings. The summed E-state index contributed by atoms with van der Waals surface area (Å²) in [5.74, 6) is -0.621. The Morgan fingerprint density at radius 3 is 2.17 bits per heavy atom. The van der Waals surface area contributed by atoms with Gasteiger partial charge in [-0.25, -0.2) is 4.79 Å². The Balaban J connectivity index is 1.48. The molecule has 3 atom stereocenters. The minimum atomic E-state index is -1.56. The number of hydrogen-bond acceptors (Lipinski definition) is 5. The van der Waals surface area contributed by atoms with Crippen LogP contribution in [0.3, 0.4) is 0 Å². The van der Waals surface area contributed by atoms with Gasteiger partial charge in [0.25, 0.3) is 5.91 Å². The van der Waals surface area contributed by atoms with Crippen molar-refractivity contribution in [2.24, 2.45) is 0 Å². The van der Waals surface area contributed by atoms with Gasteiger partial charge in [-0.15, -0.1) is 11.8 Å². The maximum absolute atomic E-state index is 13.8. The van der Waals surface area contributed by atoms with Crippen LogP contribution in [0.2, 0.25) is 0 Å². The van der Waals surface area contributed by atoms with Crippen molar-refractivity contribution in [2.75, 3.05) is 5.88 Å². The Bertz CT molecular complexity index is 1340. The molecule has 0 radical (unpaired) electrons. The van der Waals surface area contributed by atoms with Crippen molar-refractivity contribution in [3.63, 3.8) is 0 Å². The predicted octanol–water partition coefficient (Wildman–Crippen LogP) is 3.76. The van der Waals surface area contributed by atoms with Crippen LogP contribution in [0.1, 0.15) is 36.1 Å². The Morgan fingerprint density at radius 1 is 0.902 bits per heavy atom. The molecule has 0 bridgehead atoms. The third-order valence-corrected chi connectivity index (χ3v) is 8.71. The van der Waals surface area contributed by atoms with Gasteiger partial charge < -0.3 is 26.0 Å². The molecule has 0 aliphatic carbocycles. The molecule has 3 aromatic rings. The fraction of sp³-hybridized carbons (Fsp3) is 0.344. The van der Waals surface area contributed by atoms with Crippen LogP contribution in [0.5, 0.6) is 0 Å². The molecule has 1 fully saturated rings. The molecule has 0 saturated carbocycles. The zero-order valence-corrected chi connectivity index (χ0v) is 24.5. The number of hydrogen-bond donors (Lipinski definition) is 4. The zero-order valence-electron chi connectivity index (χ0n) is 23.7. The van der Waals surface area contributed by atoms with Crippen molar-refractivity contribution in [2.45, 2.75) is 63.2 Å². The van der Waals surface area contributed by atoms with Gasteiger partial charge in [0.1, 0.15) is 6.04 Å². The monoisotopic (exact) mass is 574 g/mol. The largest absolute Gasteiger partial charge is 0.381 e. The number of thioether (sulfide) groups is 1. The van der Waals surface area contributed by atoms with Crippen molar-refractivity contribution in [1.29, 1.82) is 0 Å². The van der Waals surface area contributed by atoms with E-state index in [0.29, 0.717) is 13.1 Å². The van der Waals surface area contributed by atoms with Gasteiger partial charge in [0.05, 0.1) is 11.9 Å². The van der Waals surface area contributed by atoms with Crippen LogP contribution in [0, 0.1) is 6.92 Å². The van der Waals surface area contributed by atoms with Crippen LogP contribution in [-0.4, -0.2) is 56.7 Å². The lowest BCUT2D eigenvalue weighted by atomic mass is 9.97. The number of carbonyl (C=O) groups excluding carboxylic acids is 3. The summed E-state index contributed by atoms with van der Waals surface area (Å²) in [6.07, 6.45) is -1.32. The molecule has 4 N–H and O–H groups in total. The second-order valence-electron chi connectivity index (χ2n) is 10.8. The number of carbonyl (C=O) groups is 3. The second-order valence-corrected chi connectivity index (χ2v) is 12.4. The number of rotatable bonds is 10. The molecule has 1 heterocycles. The molecule has 216 valence electrons. The molecule has 0 aromatic heterocycles. The predicted molar refractivity (Wildman–Crippen MR) is 162 cm³/mol. The van der Waals surface area contributed by atoms with Crippen LogP contribution >= 0.6 is 11.8 Å². The zero-order chi connectivity index (χ0) is 29.4. The standard InChI is InChI=1S/C32H38N4O4S/c1-22-12-10-11-17-25(22)20-33-29(38)28-32(2,3)41-21-36(28)30(39)27(37)26(18-23-13-6-4-7-14-23)35-31(40)34-19-24-15-8-5-9-16-24/h4-17,26-28,37H,18-21H2,1-3H3,(H,33,38)(H2,34,35,40). The molecule has 41 heavy (non-hydrogen) atoms. The number of benzene rings is 3. The van der Waals surface area contributed by atoms with E-state index in [4.69, 9.17) is 0 Å². The molecule has 4 amide bonds. The summed E-state index contributed by atoms with van der Waals surface area (Å²) in [5.41, 5.74) is 3.85. The summed E-state index contributed by atoms with van der Waals surface area (Å²) in [7, 11) is 0. The Morgan fingerprint density at radius 2 is 1.51 bits per heavy atom. The fourth-order valence-electron chi connectivity index (χ4n) is 4.95. The average Bonchev–Trinajstić information content (AvgIpc) is 3.30. The molecule has 1 aliphatic heterocycles. The summed E-state index contributed by atoms with van der Waals surface area (Å²) in [6, 6.07) is 24.5. The highest BCUT2D eigenvalue weighted by Crippen LogP contribution is 2.40. The van der Waals surface area contributed by atoms with E-state index in [-0.39, 0.29) is 18.2 Å². The minimum Gasteiger partial charge on any atom is -0.381 e. The van der Waals surface area contributed by atoms with E-state index >= 15 is 0 Å². The van der Waals surface area contributed by atoms with E-state index < -0.39 is 34.9 Å². The molecular weight excluding hydrogens is 536 g/mol. The smallest absolute Gasteiger partial charge is 0.315 e. The van der Waals surface area contributed by atoms with Gasteiger partial charge in [0, 0.05) is 17.8 Å². The quantitative estimate of drug-likeness (QED) is 0.295. The average molecular weight is 575 g/mol. The summed E-state index contributed by atoms with van der Waals surface area (Å²) < 4.78 is -0.569. The Hall–Kier alpha value is -3.82. The SMILES string of the molecule is Cc1ccccc1CNC(=O)C1N(C(=O)C(O)C(Cc2ccccc2)NC(=O)NCc2ccccc2)CSC1(C)C. The maximum Gasteiger partial charge on any atom is 0.315 e. The van der Waals surface area contributed by atoms with Crippen molar-refractivity contribution in [3.8, 4) is 0 Å². The molecule has 3 aromatic carbocycles. The Labute approximate surface area is 245 Å². The van der Waals surface area contributed by atoms with Gasteiger partial charge in [-0.1, -0.05) is 84.9 Å². The van der Waals surface area contributed by atoms with E-state index in [1.54, 1.807) is 0 Å². The van der Waals surface area contributed by atoms with Crippen molar-refractivity contribution < 1.29 is 19.5 Å². The lowest BCUT2D eigenvalue weighted by Crippen LogP contribution is -2.59. The summed E-state index contributed by atoms with van der Waals surface area (Å²) >= 11 is 1.48. The molecule has 0 spiro atoms. The van der Waals surface area contributed by atoms with Gasteiger partial charge >= 0.3 is 6.03 Å². The third-order valence-electron chi connectivity index (χ3n) is 7.34. The van der Waals surface area contributed by atoms with E-state index in [2.05, 4.69) is 16.0 Å². The van der Waals surface area contributed by atoms with Crippen LogP contribution in [0.15, 0.2) is 84.9 Å². The third kappa shape index (κ3) is 7.89. The minimum absolute atomic E-state index is 0.237. The molecule has 1 saturated heterocycles. The first-order chi connectivity index (χ1) is 19.7. The second kappa shape index (κ2) is 13.7. The number of nitrogens with zero attached hydrogens (tertiary/aromatic N) is 1. The van der Waals surface area contributed by atoms with E-state index in [1.807, 2.05) is 106 Å². The first kappa shape index (κ1) is 30.1. The highest BCUT2D eigenvalue weighted by Gasteiger charge is 2.49. The van der Waals surface area contributed by atoms with Crippen LogP contribution in [0.25, 0.3) is 0 Å². The number of urea groups is 1. The van der Waals surface area contributed by atoms with Crippen molar-refractivity contribution in [1.82, 2.24) is 20.9 Å². The molecule has 4 rings (SSSR count).